The molecule has 4 rings (SSSR count). The van der Waals surface area contributed by atoms with Gasteiger partial charge in [-0.25, -0.2) is 9.59 Å². The number of urea groups is 2. The highest BCUT2D eigenvalue weighted by Gasteiger charge is 2.25. The van der Waals surface area contributed by atoms with Gasteiger partial charge in [-0.15, -0.1) is 0 Å². The largest absolute Gasteiger partial charge is 0.492 e. The van der Waals surface area contributed by atoms with Crippen molar-refractivity contribution < 1.29 is 14.3 Å². The number of nitrogens with zero attached hydrogens (tertiary/aromatic N) is 2. The van der Waals surface area contributed by atoms with E-state index in [1.165, 1.54) is 12.0 Å². The molecule has 39 heavy (non-hydrogen) atoms. The predicted molar refractivity (Wildman–Crippen MR) is 157 cm³/mol. The molecule has 3 aromatic rings. The number of methoxy groups -OCH3 is 1. The van der Waals surface area contributed by atoms with Crippen molar-refractivity contribution in [1.82, 2.24) is 15.2 Å². The third-order valence-corrected chi connectivity index (χ3v) is 6.47. The van der Waals surface area contributed by atoms with Crippen molar-refractivity contribution in [3.8, 4) is 5.75 Å². The third kappa shape index (κ3) is 6.46. The molecule has 1 heterocycles. The van der Waals surface area contributed by atoms with Gasteiger partial charge in [0.25, 0.3) is 0 Å². The molecule has 1 atom stereocenters. The molecule has 2 aromatic carbocycles. The average Bonchev–Trinajstić information content (AvgIpc) is 2.90. The number of rotatable bonds is 5. The number of hydrogen-bond acceptors (Lipinski definition) is 4. The van der Waals surface area contributed by atoms with Crippen LogP contribution in [0.4, 0.5) is 21.0 Å². The lowest BCUT2D eigenvalue weighted by atomic mass is 9.86. The van der Waals surface area contributed by atoms with E-state index >= 15 is 0 Å². The molecule has 1 aromatic heterocycles. The summed E-state index contributed by atoms with van der Waals surface area (Å²) in [5, 5.41) is 9.01. The number of benzene rings is 2. The number of nitrogens with one attached hydrogen (secondary N) is 3. The summed E-state index contributed by atoms with van der Waals surface area (Å²) < 4.78 is 5.67. The average molecular weight is 526 g/mol. The van der Waals surface area contributed by atoms with Gasteiger partial charge in [-0.2, -0.15) is 0 Å². The van der Waals surface area contributed by atoms with Gasteiger partial charge in [0, 0.05) is 26.5 Å². The van der Waals surface area contributed by atoms with E-state index in [4.69, 9.17) is 4.74 Å². The minimum Gasteiger partial charge on any atom is -0.492 e. The Bertz CT molecular complexity index is 1420. The Morgan fingerprint density at radius 2 is 1.64 bits per heavy atom. The van der Waals surface area contributed by atoms with Gasteiger partial charge < -0.3 is 25.6 Å². The molecule has 0 aliphatic heterocycles. The van der Waals surface area contributed by atoms with Crippen molar-refractivity contribution in [1.29, 1.82) is 0 Å². The van der Waals surface area contributed by atoms with Crippen molar-refractivity contribution in [2.45, 2.75) is 32.2 Å². The second-order valence-corrected chi connectivity index (χ2v) is 10.6. The SMILES string of the molecule is COc1c(NC(=O)NC2C(=Cc3ccncc3)C=Cc3ccccc32)cc(C(C)(C)C)cc1NC(=O)N(C)C. The quantitative estimate of drug-likeness (QED) is 0.357. The highest BCUT2D eigenvalue weighted by Crippen LogP contribution is 2.39. The van der Waals surface area contributed by atoms with Crippen LogP contribution in [0.3, 0.4) is 0 Å². The third-order valence-electron chi connectivity index (χ3n) is 6.47. The van der Waals surface area contributed by atoms with Crippen LogP contribution in [0.5, 0.6) is 5.75 Å². The second kappa shape index (κ2) is 11.4. The monoisotopic (exact) mass is 525 g/mol. The molecule has 8 heteroatoms. The van der Waals surface area contributed by atoms with Gasteiger partial charge in [-0.05, 0) is 63.6 Å². The zero-order valence-corrected chi connectivity index (χ0v) is 23.2. The first-order valence-corrected chi connectivity index (χ1v) is 12.7. The molecular weight excluding hydrogens is 490 g/mol. The maximum atomic E-state index is 13.5. The van der Waals surface area contributed by atoms with E-state index in [0.29, 0.717) is 17.1 Å². The summed E-state index contributed by atoms with van der Waals surface area (Å²) in [6.07, 6.45) is 9.58. The van der Waals surface area contributed by atoms with Crippen LogP contribution >= 0.6 is 0 Å². The van der Waals surface area contributed by atoms with Crippen molar-refractivity contribution >= 4 is 35.6 Å². The summed E-state index contributed by atoms with van der Waals surface area (Å²) in [6, 6.07) is 14.5. The Morgan fingerprint density at radius 3 is 2.28 bits per heavy atom. The summed E-state index contributed by atoms with van der Waals surface area (Å²) >= 11 is 0. The van der Waals surface area contributed by atoms with E-state index < -0.39 is 6.03 Å². The van der Waals surface area contributed by atoms with Gasteiger partial charge in [0.05, 0.1) is 24.5 Å². The van der Waals surface area contributed by atoms with E-state index in [9.17, 15) is 9.59 Å². The van der Waals surface area contributed by atoms with Gasteiger partial charge in [-0.3, -0.25) is 4.98 Å². The van der Waals surface area contributed by atoms with Gasteiger partial charge >= 0.3 is 12.1 Å². The lowest BCUT2D eigenvalue weighted by molar-refractivity contribution is 0.230. The number of amides is 4. The Hall–Kier alpha value is -4.59. The van der Waals surface area contributed by atoms with Crippen LogP contribution in [-0.2, 0) is 5.41 Å². The van der Waals surface area contributed by atoms with Crippen LogP contribution in [-0.4, -0.2) is 43.2 Å². The van der Waals surface area contributed by atoms with Crippen LogP contribution in [0.1, 0.15) is 49.1 Å². The molecule has 0 saturated carbocycles. The zero-order chi connectivity index (χ0) is 28.2. The summed E-state index contributed by atoms with van der Waals surface area (Å²) in [6.45, 7) is 6.20. The summed E-state index contributed by atoms with van der Waals surface area (Å²) in [5.74, 6) is 0.366. The summed E-state index contributed by atoms with van der Waals surface area (Å²) in [4.78, 5) is 31.5. The maximum Gasteiger partial charge on any atom is 0.321 e. The van der Waals surface area contributed by atoms with Gasteiger partial charge in [0.15, 0.2) is 5.75 Å². The molecule has 0 saturated heterocycles. The molecule has 8 nitrogen and oxygen atoms in total. The smallest absolute Gasteiger partial charge is 0.321 e. The maximum absolute atomic E-state index is 13.5. The lowest BCUT2D eigenvalue weighted by Crippen LogP contribution is -2.34. The highest BCUT2D eigenvalue weighted by molar-refractivity contribution is 5.97. The molecule has 4 amide bonds. The zero-order valence-electron chi connectivity index (χ0n) is 23.2. The molecule has 1 unspecified atom stereocenters. The lowest BCUT2D eigenvalue weighted by Gasteiger charge is -2.27. The first-order valence-electron chi connectivity index (χ1n) is 12.7. The van der Waals surface area contributed by atoms with Crippen molar-refractivity contribution in [3.63, 3.8) is 0 Å². The minimum atomic E-state index is -0.403. The topological polar surface area (TPSA) is 95.6 Å². The molecule has 202 valence electrons. The number of hydrogen-bond donors (Lipinski definition) is 3. The van der Waals surface area contributed by atoms with E-state index in [2.05, 4.69) is 41.7 Å². The Morgan fingerprint density at radius 1 is 0.974 bits per heavy atom. The van der Waals surface area contributed by atoms with E-state index in [0.717, 1.165) is 27.8 Å². The molecule has 0 bridgehead atoms. The standard InChI is InChI=1S/C31H35N5O3/c1-31(2,3)23-18-25(28(39-6)26(19-23)34-30(38)36(4)5)33-29(37)35-27-22(17-20-13-15-32-16-14-20)12-11-21-9-7-8-10-24(21)27/h7-19,27H,1-6H3,(H,34,38)(H2,33,35,37). The predicted octanol–water partition coefficient (Wildman–Crippen LogP) is 6.45. The minimum absolute atomic E-state index is 0.246. The van der Waals surface area contributed by atoms with Crippen LogP contribution in [0.2, 0.25) is 0 Å². The Balaban J connectivity index is 1.69. The Kier molecular flexibility index (Phi) is 8.04. The van der Waals surface area contributed by atoms with Crippen molar-refractivity contribution in [2.24, 2.45) is 0 Å². The molecule has 0 fully saturated rings. The molecule has 1 aliphatic rings. The number of carbonyl (C=O) groups is 2. The fourth-order valence-corrected chi connectivity index (χ4v) is 4.32. The van der Waals surface area contributed by atoms with E-state index in [-0.39, 0.29) is 17.5 Å². The second-order valence-electron chi connectivity index (χ2n) is 10.6. The molecule has 1 aliphatic carbocycles. The molecular formula is C31H35N5O3. The van der Waals surface area contributed by atoms with E-state index in [1.807, 2.05) is 66.8 Å². The number of carbonyl (C=O) groups excluding carboxylic acids is 2. The fraction of sp³-hybridized carbons (Fsp3) is 0.258. The number of fused-ring (bicyclic) bond motifs is 1. The first-order chi connectivity index (χ1) is 18.6. The van der Waals surface area contributed by atoms with Crippen LogP contribution in [0, 0.1) is 0 Å². The normalized spacial score (nSPS) is 15.3. The van der Waals surface area contributed by atoms with Crippen molar-refractivity contribution in [2.75, 3.05) is 31.8 Å². The fourth-order valence-electron chi connectivity index (χ4n) is 4.32. The van der Waals surface area contributed by atoms with Gasteiger partial charge in [-0.1, -0.05) is 57.2 Å². The number of aromatic nitrogens is 1. The molecule has 0 radical (unpaired) electrons. The Labute approximate surface area is 229 Å². The number of ether oxygens (including phenoxy) is 1. The summed E-state index contributed by atoms with van der Waals surface area (Å²) in [5.41, 5.74) is 5.56. The highest BCUT2D eigenvalue weighted by atomic mass is 16.5. The van der Waals surface area contributed by atoms with Crippen LogP contribution < -0.4 is 20.7 Å². The van der Waals surface area contributed by atoms with Crippen LogP contribution in [0.25, 0.3) is 12.2 Å². The van der Waals surface area contributed by atoms with Gasteiger partial charge in [0.1, 0.15) is 0 Å². The first kappa shape index (κ1) is 27.4. The molecule has 0 spiro atoms. The summed E-state index contributed by atoms with van der Waals surface area (Å²) in [7, 11) is 4.84. The van der Waals surface area contributed by atoms with Gasteiger partial charge in [0.2, 0.25) is 0 Å². The molecule has 3 N–H and O–H groups in total. The number of pyridine rings is 1. The number of anilines is 2. The van der Waals surface area contributed by atoms with Crippen molar-refractivity contribution in [3.05, 3.63) is 94.8 Å². The van der Waals surface area contributed by atoms with Crippen LogP contribution in [0.15, 0.2) is 72.6 Å². The van der Waals surface area contributed by atoms with E-state index in [1.54, 1.807) is 26.5 Å².